The van der Waals surface area contributed by atoms with Crippen LogP contribution >= 0.6 is 22.9 Å². The van der Waals surface area contributed by atoms with E-state index in [2.05, 4.69) is 10.3 Å². The van der Waals surface area contributed by atoms with Crippen LogP contribution in [0.5, 0.6) is 0 Å². The molecule has 2 aromatic carbocycles. The van der Waals surface area contributed by atoms with Gasteiger partial charge in [-0.1, -0.05) is 29.8 Å². The number of nitrogens with one attached hydrogen (secondary N) is 1. The fourth-order valence-corrected chi connectivity index (χ4v) is 4.66. The Hall–Kier alpha value is -1.51. The third-order valence-electron chi connectivity index (χ3n) is 3.46. The molecule has 0 aliphatic heterocycles. The molecule has 5 nitrogen and oxygen atoms in total. The Morgan fingerprint density at radius 2 is 2.00 bits per heavy atom. The van der Waals surface area contributed by atoms with Gasteiger partial charge < -0.3 is 5.32 Å². The number of halogens is 1. The van der Waals surface area contributed by atoms with Gasteiger partial charge >= 0.3 is 0 Å². The first-order chi connectivity index (χ1) is 11.4. The Morgan fingerprint density at radius 3 is 2.75 bits per heavy atom. The number of benzene rings is 2. The molecule has 0 atom stereocenters. The summed E-state index contributed by atoms with van der Waals surface area (Å²) in [4.78, 5) is 4.62. The second kappa shape index (κ2) is 7.16. The van der Waals surface area contributed by atoms with Gasteiger partial charge in [0.2, 0.25) is 10.0 Å². The van der Waals surface area contributed by atoms with E-state index < -0.39 is 10.0 Å². The summed E-state index contributed by atoms with van der Waals surface area (Å²) in [7, 11) is -3.74. The summed E-state index contributed by atoms with van der Waals surface area (Å²) in [6, 6.07) is 12.7. The predicted molar refractivity (Wildman–Crippen MR) is 97.9 cm³/mol. The Balaban J connectivity index is 1.66. The van der Waals surface area contributed by atoms with Crippen LogP contribution in [0.1, 0.15) is 10.6 Å². The molecule has 3 N–H and O–H groups in total. The van der Waals surface area contributed by atoms with Gasteiger partial charge in [0.15, 0.2) is 0 Å². The third kappa shape index (κ3) is 4.12. The van der Waals surface area contributed by atoms with E-state index in [1.54, 1.807) is 12.1 Å². The van der Waals surface area contributed by atoms with Crippen LogP contribution in [-0.2, 0) is 23.0 Å². The van der Waals surface area contributed by atoms with Crippen molar-refractivity contribution in [2.75, 3.05) is 6.54 Å². The highest BCUT2D eigenvalue weighted by Gasteiger charge is 2.15. The van der Waals surface area contributed by atoms with E-state index in [1.165, 1.54) is 17.4 Å². The second-order valence-electron chi connectivity index (χ2n) is 5.31. The average molecular weight is 382 g/mol. The number of hydrogen-bond acceptors (Lipinski definition) is 5. The lowest BCUT2D eigenvalue weighted by Gasteiger charge is -2.03. The quantitative estimate of drug-likeness (QED) is 0.643. The Bertz CT molecular complexity index is 970. The molecule has 0 spiro atoms. The van der Waals surface area contributed by atoms with Crippen molar-refractivity contribution in [3.05, 3.63) is 58.1 Å². The molecule has 8 heteroatoms. The van der Waals surface area contributed by atoms with Crippen molar-refractivity contribution in [1.82, 2.24) is 10.3 Å². The summed E-state index contributed by atoms with van der Waals surface area (Å²) in [5.41, 5.74) is 1.78. The summed E-state index contributed by atoms with van der Waals surface area (Å²) in [6.07, 6.45) is 0.712. The normalized spacial score (nSPS) is 11.9. The minimum atomic E-state index is -3.74. The van der Waals surface area contributed by atoms with Crippen LogP contribution in [0.25, 0.3) is 10.2 Å². The van der Waals surface area contributed by atoms with E-state index in [1.807, 2.05) is 24.3 Å². The lowest BCUT2D eigenvalue weighted by atomic mass is 10.2. The van der Waals surface area contributed by atoms with Crippen LogP contribution in [0.3, 0.4) is 0 Å². The molecule has 1 aromatic heterocycles. The van der Waals surface area contributed by atoms with Gasteiger partial charge in [0.25, 0.3) is 0 Å². The zero-order valence-corrected chi connectivity index (χ0v) is 15.1. The Kier molecular flexibility index (Phi) is 5.17. The van der Waals surface area contributed by atoms with Gasteiger partial charge in [-0.3, -0.25) is 0 Å². The maximum Gasteiger partial charge on any atom is 0.239 e. The van der Waals surface area contributed by atoms with Crippen molar-refractivity contribution >= 4 is 43.2 Å². The van der Waals surface area contributed by atoms with Crippen molar-refractivity contribution < 1.29 is 8.42 Å². The summed E-state index contributed by atoms with van der Waals surface area (Å²) in [6.45, 7) is 1.45. The molecular formula is C16H16ClN3O2S2. The molecule has 126 valence electrons. The lowest BCUT2D eigenvalue weighted by molar-refractivity contribution is 0.599. The molecule has 1 heterocycles. The summed E-state index contributed by atoms with van der Waals surface area (Å²) >= 11 is 7.32. The molecule has 0 aliphatic carbocycles. The molecule has 0 amide bonds. The molecule has 0 saturated carbocycles. The predicted octanol–water partition coefficient (Wildman–Crippen LogP) is 2.93. The Morgan fingerprint density at radius 1 is 1.21 bits per heavy atom. The molecule has 0 radical (unpaired) electrons. The molecule has 0 aliphatic rings. The van der Waals surface area contributed by atoms with Crippen molar-refractivity contribution in [3.63, 3.8) is 0 Å². The number of fused-ring (bicyclic) bond motifs is 1. The SMILES string of the molecule is NS(=O)(=O)c1cccc2nc(CCNCc3cccc(Cl)c3)sc12. The average Bonchev–Trinajstić information content (AvgIpc) is 2.93. The van der Waals surface area contributed by atoms with Gasteiger partial charge in [0, 0.05) is 24.5 Å². The fourth-order valence-electron chi connectivity index (χ4n) is 2.38. The van der Waals surface area contributed by atoms with E-state index in [-0.39, 0.29) is 4.90 Å². The van der Waals surface area contributed by atoms with Gasteiger partial charge in [0.1, 0.15) is 4.90 Å². The van der Waals surface area contributed by atoms with Gasteiger partial charge in [-0.2, -0.15) is 0 Å². The van der Waals surface area contributed by atoms with Crippen molar-refractivity contribution in [2.24, 2.45) is 5.14 Å². The zero-order chi connectivity index (χ0) is 17.2. The van der Waals surface area contributed by atoms with Crippen LogP contribution < -0.4 is 10.5 Å². The topological polar surface area (TPSA) is 85.1 Å². The first kappa shape index (κ1) is 17.3. The van der Waals surface area contributed by atoms with E-state index in [0.717, 1.165) is 22.1 Å². The fraction of sp³-hybridized carbons (Fsp3) is 0.188. The summed E-state index contributed by atoms with van der Waals surface area (Å²) in [5, 5.41) is 10.2. The number of nitrogens with two attached hydrogens (primary N) is 1. The van der Waals surface area contributed by atoms with Crippen LogP contribution in [0, 0.1) is 0 Å². The third-order valence-corrected chi connectivity index (χ3v) is 5.95. The van der Waals surface area contributed by atoms with Crippen molar-refractivity contribution in [3.8, 4) is 0 Å². The largest absolute Gasteiger partial charge is 0.312 e. The number of hydrogen-bond donors (Lipinski definition) is 2. The molecule has 24 heavy (non-hydrogen) atoms. The van der Waals surface area contributed by atoms with Gasteiger partial charge in [-0.25, -0.2) is 18.5 Å². The van der Waals surface area contributed by atoms with E-state index in [4.69, 9.17) is 16.7 Å². The van der Waals surface area contributed by atoms with Gasteiger partial charge in [-0.15, -0.1) is 11.3 Å². The summed E-state index contributed by atoms with van der Waals surface area (Å²) in [5.74, 6) is 0. The molecular weight excluding hydrogens is 366 g/mol. The number of aromatic nitrogens is 1. The van der Waals surface area contributed by atoms with E-state index >= 15 is 0 Å². The van der Waals surface area contributed by atoms with Gasteiger partial charge in [-0.05, 0) is 29.8 Å². The molecule has 0 bridgehead atoms. The maximum atomic E-state index is 11.6. The number of primary sulfonamides is 1. The lowest BCUT2D eigenvalue weighted by Crippen LogP contribution is -2.16. The number of sulfonamides is 1. The number of thiazole rings is 1. The number of nitrogens with zero attached hydrogens (tertiary/aromatic N) is 1. The molecule has 0 saturated heterocycles. The highest BCUT2D eigenvalue weighted by atomic mass is 35.5. The zero-order valence-electron chi connectivity index (χ0n) is 12.7. The molecule has 0 fully saturated rings. The first-order valence-electron chi connectivity index (χ1n) is 7.30. The highest BCUT2D eigenvalue weighted by Crippen LogP contribution is 2.28. The molecule has 3 aromatic rings. The maximum absolute atomic E-state index is 11.6. The minimum Gasteiger partial charge on any atom is -0.312 e. The Labute approximate surface area is 149 Å². The van der Waals surface area contributed by atoms with Crippen LogP contribution in [0.15, 0.2) is 47.4 Å². The van der Waals surface area contributed by atoms with Crippen molar-refractivity contribution in [1.29, 1.82) is 0 Å². The number of rotatable bonds is 6. The second-order valence-corrected chi connectivity index (χ2v) is 8.36. The first-order valence-corrected chi connectivity index (χ1v) is 10.0. The molecule has 3 rings (SSSR count). The van der Waals surface area contributed by atoms with Crippen LogP contribution in [-0.4, -0.2) is 19.9 Å². The van der Waals surface area contributed by atoms with E-state index in [9.17, 15) is 8.42 Å². The molecule has 0 unspecified atom stereocenters. The minimum absolute atomic E-state index is 0.135. The summed E-state index contributed by atoms with van der Waals surface area (Å²) < 4.78 is 23.9. The van der Waals surface area contributed by atoms with Crippen LogP contribution in [0.2, 0.25) is 5.02 Å². The standard InChI is InChI=1S/C16H16ClN3O2S2/c17-12-4-1-3-11(9-12)10-19-8-7-15-20-13-5-2-6-14(16(13)23-15)24(18,21)22/h1-6,9,19H,7-8,10H2,(H2,18,21,22). The van der Waals surface area contributed by atoms with Crippen molar-refractivity contribution in [2.45, 2.75) is 17.9 Å². The highest BCUT2D eigenvalue weighted by molar-refractivity contribution is 7.89. The monoisotopic (exact) mass is 381 g/mol. The van der Waals surface area contributed by atoms with Crippen LogP contribution in [0.4, 0.5) is 0 Å². The van der Waals surface area contributed by atoms with Gasteiger partial charge in [0.05, 0.1) is 15.2 Å². The van der Waals surface area contributed by atoms with E-state index in [0.29, 0.717) is 23.2 Å². The smallest absolute Gasteiger partial charge is 0.239 e.